The highest BCUT2D eigenvalue weighted by molar-refractivity contribution is 7.99. The second-order valence-electron chi connectivity index (χ2n) is 8.73. The van der Waals surface area contributed by atoms with Gasteiger partial charge in [-0.1, -0.05) is 36.4 Å². The Hall–Kier alpha value is -3.01. The van der Waals surface area contributed by atoms with Crippen LogP contribution in [0.3, 0.4) is 0 Å². The first-order chi connectivity index (χ1) is 17.4. The van der Waals surface area contributed by atoms with E-state index in [1.807, 2.05) is 31.2 Å². The van der Waals surface area contributed by atoms with Gasteiger partial charge in [0.05, 0.1) is 23.9 Å². The van der Waals surface area contributed by atoms with Gasteiger partial charge in [-0.3, -0.25) is 19.1 Å². The molecule has 0 saturated carbocycles. The average molecular weight is 524 g/mol. The number of carbonyl (C=O) groups excluding carboxylic acids is 1. The van der Waals surface area contributed by atoms with Crippen LogP contribution in [0.15, 0.2) is 52.4 Å². The van der Waals surface area contributed by atoms with Crippen molar-refractivity contribution in [3.05, 3.63) is 80.2 Å². The van der Waals surface area contributed by atoms with E-state index in [-0.39, 0.29) is 28.4 Å². The number of rotatable bonds is 7. The molecule has 0 radical (unpaired) electrons. The van der Waals surface area contributed by atoms with Crippen LogP contribution < -0.4 is 10.3 Å². The van der Waals surface area contributed by atoms with Crippen molar-refractivity contribution in [2.75, 3.05) is 26.0 Å². The first kappa shape index (κ1) is 24.7. The molecule has 5 rings (SSSR count). The number of aryl methyl sites for hydroxylation is 1. The summed E-state index contributed by atoms with van der Waals surface area (Å²) < 4.78 is 20.7. The number of ether oxygens (including phenoxy) is 1. The molecule has 0 saturated heterocycles. The van der Waals surface area contributed by atoms with E-state index in [2.05, 4.69) is 11.8 Å². The molecule has 0 unspecified atom stereocenters. The Kier molecular flexibility index (Phi) is 6.96. The normalized spacial score (nSPS) is 13.7. The summed E-state index contributed by atoms with van der Waals surface area (Å²) in [5.41, 5.74) is 3.02. The van der Waals surface area contributed by atoms with Gasteiger partial charge in [-0.05, 0) is 55.8 Å². The van der Waals surface area contributed by atoms with Crippen LogP contribution in [0.5, 0.6) is 5.75 Å². The minimum absolute atomic E-state index is 0.0181. The molecule has 4 aromatic rings. The lowest BCUT2D eigenvalue weighted by molar-refractivity contribution is 0.102. The third kappa shape index (κ3) is 4.58. The molecule has 0 spiro atoms. The lowest BCUT2D eigenvalue weighted by Gasteiger charge is -2.25. The molecule has 0 bridgehead atoms. The van der Waals surface area contributed by atoms with Crippen molar-refractivity contribution in [2.24, 2.45) is 0 Å². The number of ketones is 1. The number of carbonyl (C=O) groups is 1. The van der Waals surface area contributed by atoms with E-state index in [0.29, 0.717) is 21.1 Å². The highest BCUT2D eigenvalue weighted by atomic mass is 32.2. The van der Waals surface area contributed by atoms with Gasteiger partial charge in [-0.2, -0.15) is 0 Å². The number of halogens is 1. The topological polar surface area (TPSA) is 64.4 Å². The van der Waals surface area contributed by atoms with Crippen LogP contribution in [0.4, 0.5) is 4.39 Å². The molecule has 2 aromatic carbocycles. The van der Waals surface area contributed by atoms with Crippen molar-refractivity contribution in [1.29, 1.82) is 0 Å². The first-order valence-corrected chi connectivity index (χ1v) is 13.6. The molecule has 0 amide bonds. The van der Waals surface area contributed by atoms with E-state index in [1.54, 1.807) is 22.0 Å². The number of nitrogens with zero attached hydrogens (tertiary/aromatic N) is 3. The van der Waals surface area contributed by atoms with Crippen molar-refractivity contribution < 1.29 is 13.9 Å². The molecule has 0 atom stereocenters. The second kappa shape index (κ2) is 10.2. The first-order valence-electron chi connectivity index (χ1n) is 11.8. The Morgan fingerprint density at radius 3 is 2.69 bits per heavy atom. The largest absolute Gasteiger partial charge is 0.494 e. The molecule has 3 heterocycles. The third-order valence-electron chi connectivity index (χ3n) is 6.47. The maximum atomic E-state index is 14.1. The van der Waals surface area contributed by atoms with Crippen LogP contribution in [0.2, 0.25) is 0 Å². The molecule has 6 nitrogen and oxygen atoms in total. The van der Waals surface area contributed by atoms with Crippen LogP contribution >= 0.6 is 23.1 Å². The predicted octanol–water partition coefficient (Wildman–Crippen LogP) is 5.26. The number of fused-ring (bicyclic) bond motifs is 3. The number of benzene rings is 2. The molecule has 2 aromatic heterocycles. The van der Waals surface area contributed by atoms with Crippen molar-refractivity contribution in [3.63, 3.8) is 0 Å². The number of aromatic nitrogens is 2. The number of Topliss-reactive ketones (excluding diaryl/α,β-unsaturated/α-hetero) is 1. The maximum Gasteiger partial charge on any atom is 0.267 e. The van der Waals surface area contributed by atoms with Gasteiger partial charge in [0, 0.05) is 23.5 Å². The monoisotopic (exact) mass is 523 g/mol. The number of thioether (sulfide) groups is 1. The smallest absolute Gasteiger partial charge is 0.267 e. The summed E-state index contributed by atoms with van der Waals surface area (Å²) in [6, 6.07) is 11.9. The molecule has 36 heavy (non-hydrogen) atoms. The number of methoxy groups -OCH3 is 1. The molecule has 186 valence electrons. The minimum atomic E-state index is -0.588. The summed E-state index contributed by atoms with van der Waals surface area (Å²) in [4.78, 5) is 35.9. The van der Waals surface area contributed by atoms with E-state index in [4.69, 9.17) is 9.72 Å². The average Bonchev–Trinajstić information content (AvgIpc) is 3.25. The summed E-state index contributed by atoms with van der Waals surface area (Å²) in [6.45, 7) is 6.83. The zero-order valence-electron chi connectivity index (χ0n) is 20.3. The molecule has 1 aliphatic rings. The fraction of sp³-hybridized carbons (Fsp3) is 0.296. The molecule has 9 heteroatoms. The maximum absolute atomic E-state index is 14.1. The number of thiophene rings is 1. The van der Waals surface area contributed by atoms with E-state index in [9.17, 15) is 14.0 Å². The van der Waals surface area contributed by atoms with Gasteiger partial charge in [0.2, 0.25) is 0 Å². The highest BCUT2D eigenvalue weighted by Gasteiger charge is 2.25. The Bertz CT molecular complexity index is 1510. The Morgan fingerprint density at radius 2 is 2.00 bits per heavy atom. The van der Waals surface area contributed by atoms with E-state index >= 15 is 0 Å². The van der Waals surface area contributed by atoms with E-state index in [1.165, 1.54) is 35.9 Å². The lowest BCUT2D eigenvalue weighted by atomic mass is 10.1. The van der Waals surface area contributed by atoms with Crippen LogP contribution in [0, 0.1) is 12.7 Å². The van der Waals surface area contributed by atoms with Crippen molar-refractivity contribution in [2.45, 2.75) is 32.0 Å². The van der Waals surface area contributed by atoms with Crippen molar-refractivity contribution in [1.82, 2.24) is 14.5 Å². The van der Waals surface area contributed by atoms with Gasteiger partial charge < -0.3 is 4.74 Å². The molecular formula is C27H26FN3O3S2. The van der Waals surface area contributed by atoms with Gasteiger partial charge in [-0.15, -0.1) is 11.3 Å². The van der Waals surface area contributed by atoms with Crippen LogP contribution in [0.25, 0.3) is 15.9 Å². The summed E-state index contributed by atoms with van der Waals surface area (Å²) in [6.07, 6.45) is 0.821. The summed E-state index contributed by atoms with van der Waals surface area (Å²) in [7, 11) is 1.38. The summed E-state index contributed by atoms with van der Waals surface area (Å²) in [5.74, 6) is -0.738. The summed E-state index contributed by atoms with van der Waals surface area (Å²) in [5, 5.41) is 1.13. The van der Waals surface area contributed by atoms with Gasteiger partial charge in [-0.25, -0.2) is 9.37 Å². The Morgan fingerprint density at radius 1 is 1.22 bits per heavy atom. The van der Waals surface area contributed by atoms with E-state index < -0.39 is 5.82 Å². The third-order valence-corrected chi connectivity index (χ3v) is 8.52. The Balaban J connectivity index is 1.56. The highest BCUT2D eigenvalue weighted by Crippen LogP contribution is 2.34. The quantitative estimate of drug-likeness (QED) is 0.187. The molecule has 0 N–H and O–H groups in total. The van der Waals surface area contributed by atoms with Crippen molar-refractivity contribution >= 4 is 39.1 Å². The zero-order valence-corrected chi connectivity index (χ0v) is 22.0. The van der Waals surface area contributed by atoms with Crippen LogP contribution in [-0.2, 0) is 13.0 Å². The lowest BCUT2D eigenvalue weighted by Crippen LogP contribution is -2.30. The minimum Gasteiger partial charge on any atom is -0.494 e. The number of hydrogen-bond donors (Lipinski definition) is 0. The van der Waals surface area contributed by atoms with Crippen molar-refractivity contribution in [3.8, 4) is 11.4 Å². The molecule has 1 aliphatic heterocycles. The molecular weight excluding hydrogens is 497 g/mol. The molecule has 0 fully saturated rings. The number of likely N-dealkylation sites (N-methyl/N-ethyl adjacent to an activating group) is 1. The fourth-order valence-electron chi connectivity index (χ4n) is 4.42. The SMILES string of the molecule is CCN1CCc2c(sc3nc(SCC(=O)c4ccc(OC)c(F)c4)n(-c4ccc(C)cc4)c(=O)c23)C1. The summed E-state index contributed by atoms with van der Waals surface area (Å²) >= 11 is 2.75. The fourth-order valence-corrected chi connectivity index (χ4v) is 6.63. The van der Waals surface area contributed by atoms with Crippen LogP contribution in [0.1, 0.15) is 33.3 Å². The van der Waals surface area contributed by atoms with Crippen LogP contribution in [-0.4, -0.2) is 46.2 Å². The van der Waals surface area contributed by atoms with Gasteiger partial charge in [0.1, 0.15) is 4.83 Å². The van der Waals surface area contributed by atoms with E-state index in [0.717, 1.165) is 37.2 Å². The molecule has 0 aliphatic carbocycles. The predicted molar refractivity (Wildman–Crippen MR) is 143 cm³/mol. The van der Waals surface area contributed by atoms with Gasteiger partial charge in [0.25, 0.3) is 5.56 Å². The zero-order chi connectivity index (χ0) is 25.4. The number of hydrogen-bond acceptors (Lipinski definition) is 7. The standard InChI is InChI=1S/C27H26FN3O3S2/c1-4-30-12-11-19-23(14-30)36-25-24(19)26(33)31(18-8-5-16(2)6-9-18)27(29-25)35-15-21(32)17-7-10-22(34-3)20(28)13-17/h5-10,13H,4,11-12,14-15H2,1-3H3. The Labute approximate surface area is 216 Å². The van der Waals surface area contributed by atoms with Gasteiger partial charge >= 0.3 is 0 Å². The second-order valence-corrected chi connectivity index (χ2v) is 10.8. The van der Waals surface area contributed by atoms with Gasteiger partial charge in [0.15, 0.2) is 22.5 Å².